The van der Waals surface area contributed by atoms with Gasteiger partial charge < -0.3 is 20.5 Å². The van der Waals surface area contributed by atoms with Crippen LogP contribution in [0, 0.1) is 5.82 Å². The number of nitrogens with one attached hydrogen (secondary N) is 3. The Labute approximate surface area is 176 Å². The molecule has 2 aliphatic rings. The molecular formula is C18H15F4N5O3S. The lowest BCUT2D eigenvalue weighted by Gasteiger charge is -2.26. The average Bonchev–Trinajstić information content (AvgIpc) is 3.01. The number of hydrogen-bond acceptors (Lipinski definition) is 5. The molecule has 1 fully saturated rings. The normalized spacial score (nSPS) is 16.2. The van der Waals surface area contributed by atoms with Crippen LogP contribution in [0.15, 0.2) is 18.2 Å². The van der Waals surface area contributed by atoms with E-state index in [2.05, 4.69) is 20.9 Å². The van der Waals surface area contributed by atoms with Crippen molar-refractivity contribution < 1.29 is 31.9 Å². The van der Waals surface area contributed by atoms with E-state index in [4.69, 9.17) is 0 Å². The van der Waals surface area contributed by atoms with E-state index >= 15 is 0 Å². The number of thioether (sulfide) groups is 1. The van der Waals surface area contributed by atoms with E-state index in [-0.39, 0.29) is 42.7 Å². The van der Waals surface area contributed by atoms with E-state index in [1.165, 1.54) is 4.57 Å². The summed E-state index contributed by atoms with van der Waals surface area (Å²) in [7, 11) is 0. The Morgan fingerprint density at radius 3 is 2.58 bits per heavy atom. The number of alkyl halides is 3. The molecule has 3 amide bonds. The average molecular weight is 457 g/mol. The van der Waals surface area contributed by atoms with Gasteiger partial charge in [0, 0.05) is 23.1 Å². The van der Waals surface area contributed by atoms with Gasteiger partial charge in [-0.25, -0.2) is 9.37 Å². The van der Waals surface area contributed by atoms with Gasteiger partial charge in [0.1, 0.15) is 12.4 Å². The third kappa shape index (κ3) is 4.36. The molecule has 3 N–H and O–H groups in total. The molecule has 0 saturated carbocycles. The molecule has 3 heterocycles. The van der Waals surface area contributed by atoms with E-state index in [0.717, 1.165) is 11.5 Å². The SMILES string of the molecule is O=C1Cn2c(C(=O)NC3CSC3)nc(NC(=O)c3cc(F)cc(C(F)(F)F)c3)c2CN1. The van der Waals surface area contributed by atoms with Gasteiger partial charge in [-0.1, -0.05) is 0 Å². The zero-order valence-electron chi connectivity index (χ0n) is 15.7. The predicted molar refractivity (Wildman–Crippen MR) is 102 cm³/mol. The zero-order valence-corrected chi connectivity index (χ0v) is 16.5. The standard InChI is InChI=1S/C18H15F4N5O3S/c19-10-2-8(1-9(3-10)18(20,21)22)16(29)26-14-12-4-23-13(28)5-27(12)15(25-14)17(30)24-11-6-31-7-11/h1-3,11H,4-7H2,(H,23,28)(H,24,30)(H,26,29). The number of anilines is 1. The number of hydrogen-bond donors (Lipinski definition) is 3. The molecule has 0 spiro atoms. The molecular weight excluding hydrogens is 442 g/mol. The number of halogens is 4. The molecule has 0 aliphatic carbocycles. The number of fused-ring (bicyclic) bond motifs is 1. The predicted octanol–water partition coefficient (Wildman–Crippen LogP) is 1.77. The van der Waals surface area contributed by atoms with Crippen LogP contribution in [-0.2, 0) is 24.1 Å². The lowest BCUT2D eigenvalue weighted by atomic mass is 10.1. The Balaban J connectivity index is 1.63. The second-order valence-corrected chi connectivity index (χ2v) is 8.06. The molecule has 0 radical (unpaired) electrons. The second-order valence-electron chi connectivity index (χ2n) is 6.98. The Kier molecular flexibility index (Phi) is 5.37. The van der Waals surface area contributed by atoms with Crippen LogP contribution in [0.1, 0.15) is 32.2 Å². The largest absolute Gasteiger partial charge is 0.416 e. The molecule has 31 heavy (non-hydrogen) atoms. The Morgan fingerprint density at radius 1 is 1.19 bits per heavy atom. The fraction of sp³-hybridized carbons (Fsp3) is 0.333. The molecule has 2 aromatic rings. The first kappa shape index (κ1) is 21.2. The fourth-order valence-electron chi connectivity index (χ4n) is 3.12. The summed E-state index contributed by atoms with van der Waals surface area (Å²) in [5, 5.41) is 7.64. The summed E-state index contributed by atoms with van der Waals surface area (Å²) < 4.78 is 53.8. The van der Waals surface area contributed by atoms with Crippen LogP contribution in [0.25, 0.3) is 0 Å². The van der Waals surface area contributed by atoms with Gasteiger partial charge in [0.15, 0.2) is 5.82 Å². The number of rotatable bonds is 4. The Morgan fingerprint density at radius 2 is 1.94 bits per heavy atom. The van der Waals surface area contributed by atoms with Crippen molar-refractivity contribution in [2.75, 3.05) is 16.8 Å². The molecule has 0 unspecified atom stereocenters. The lowest BCUT2D eigenvalue weighted by molar-refractivity contribution is -0.137. The quantitative estimate of drug-likeness (QED) is 0.607. The Hall–Kier alpha value is -3.09. The van der Waals surface area contributed by atoms with E-state index in [9.17, 15) is 31.9 Å². The molecule has 1 aromatic carbocycles. The second kappa shape index (κ2) is 7.87. The maximum atomic E-state index is 13.6. The van der Waals surface area contributed by atoms with Gasteiger partial charge in [-0.2, -0.15) is 24.9 Å². The molecule has 1 saturated heterocycles. The summed E-state index contributed by atoms with van der Waals surface area (Å²) >= 11 is 1.65. The minimum Gasteiger partial charge on any atom is -0.349 e. The third-order valence-corrected chi connectivity index (χ3v) is 6.00. The first-order chi connectivity index (χ1) is 14.6. The number of carbonyl (C=O) groups excluding carboxylic acids is 3. The van der Waals surface area contributed by atoms with Gasteiger partial charge in [0.2, 0.25) is 11.7 Å². The van der Waals surface area contributed by atoms with Gasteiger partial charge >= 0.3 is 6.18 Å². The highest BCUT2D eigenvalue weighted by Gasteiger charge is 2.33. The summed E-state index contributed by atoms with van der Waals surface area (Å²) in [6.45, 7) is -0.260. The smallest absolute Gasteiger partial charge is 0.349 e. The molecule has 0 atom stereocenters. The van der Waals surface area contributed by atoms with Crippen molar-refractivity contribution in [1.29, 1.82) is 0 Å². The number of carbonyl (C=O) groups is 3. The maximum absolute atomic E-state index is 13.6. The highest BCUT2D eigenvalue weighted by molar-refractivity contribution is 8.00. The molecule has 8 nitrogen and oxygen atoms in total. The monoisotopic (exact) mass is 457 g/mol. The van der Waals surface area contributed by atoms with E-state index in [1.54, 1.807) is 11.8 Å². The van der Waals surface area contributed by atoms with Gasteiger partial charge in [0.05, 0.1) is 17.8 Å². The summed E-state index contributed by atoms with van der Waals surface area (Å²) in [5.41, 5.74) is -1.57. The van der Waals surface area contributed by atoms with Gasteiger partial charge in [-0.3, -0.25) is 14.4 Å². The van der Waals surface area contributed by atoms with Crippen molar-refractivity contribution in [2.45, 2.75) is 25.3 Å². The van der Waals surface area contributed by atoms with Crippen molar-refractivity contribution in [1.82, 2.24) is 20.2 Å². The molecule has 0 bridgehead atoms. The number of amides is 3. The third-order valence-electron chi connectivity index (χ3n) is 4.72. The molecule has 4 rings (SSSR count). The van der Waals surface area contributed by atoms with Crippen LogP contribution in [0.2, 0.25) is 0 Å². The van der Waals surface area contributed by atoms with Crippen LogP contribution < -0.4 is 16.0 Å². The Bertz CT molecular complexity index is 1080. The van der Waals surface area contributed by atoms with Crippen molar-refractivity contribution in [2.24, 2.45) is 0 Å². The van der Waals surface area contributed by atoms with Crippen LogP contribution in [0.3, 0.4) is 0 Å². The first-order valence-corrected chi connectivity index (χ1v) is 10.2. The van der Waals surface area contributed by atoms with Gasteiger partial charge in [0.25, 0.3) is 11.8 Å². The molecule has 2 aliphatic heterocycles. The molecule has 164 valence electrons. The van der Waals surface area contributed by atoms with Crippen LogP contribution >= 0.6 is 11.8 Å². The fourth-order valence-corrected chi connectivity index (χ4v) is 3.76. The van der Waals surface area contributed by atoms with E-state index in [0.29, 0.717) is 17.8 Å². The van der Waals surface area contributed by atoms with Crippen LogP contribution in [0.4, 0.5) is 23.4 Å². The number of aromatic nitrogens is 2. The van der Waals surface area contributed by atoms with Crippen molar-refractivity contribution in [3.05, 3.63) is 46.7 Å². The topological polar surface area (TPSA) is 105 Å². The van der Waals surface area contributed by atoms with Crippen molar-refractivity contribution in [3.8, 4) is 0 Å². The van der Waals surface area contributed by atoms with Crippen molar-refractivity contribution >= 4 is 35.3 Å². The van der Waals surface area contributed by atoms with E-state index in [1.807, 2.05) is 0 Å². The number of imidazole rings is 1. The minimum atomic E-state index is -4.83. The highest BCUT2D eigenvalue weighted by Crippen LogP contribution is 2.31. The summed E-state index contributed by atoms with van der Waals surface area (Å²) in [5.74, 6) is -1.89. The maximum Gasteiger partial charge on any atom is 0.416 e. The van der Waals surface area contributed by atoms with Gasteiger partial charge in [-0.15, -0.1) is 0 Å². The molecule has 1 aromatic heterocycles. The van der Waals surface area contributed by atoms with E-state index < -0.39 is 34.9 Å². The van der Waals surface area contributed by atoms with Gasteiger partial charge in [-0.05, 0) is 18.2 Å². The lowest BCUT2D eigenvalue weighted by Crippen LogP contribution is -2.45. The summed E-state index contributed by atoms with van der Waals surface area (Å²) in [6.07, 6.45) is -4.83. The number of nitrogens with zero attached hydrogens (tertiary/aromatic N) is 2. The summed E-state index contributed by atoms with van der Waals surface area (Å²) in [4.78, 5) is 41.0. The highest BCUT2D eigenvalue weighted by atomic mass is 32.2. The zero-order chi connectivity index (χ0) is 22.3. The minimum absolute atomic E-state index is 0.0333. The first-order valence-electron chi connectivity index (χ1n) is 9.05. The summed E-state index contributed by atoms with van der Waals surface area (Å²) in [6, 6.07) is 1.43. The van der Waals surface area contributed by atoms with Crippen LogP contribution in [0.5, 0.6) is 0 Å². The number of benzene rings is 1. The van der Waals surface area contributed by atoms with Crippen molar-refractivity contribution in [3.63, 3.8) is 0 Å². The van der Waals surface area contributed by atoms with Crippen LogP contribution in [-0.4, -0.2) is 44.8 Å². The molecule has 13 heteroatoms.